The van der Waals surface area contributed by atoms with Gasteiger partial charge in [-0.15, -0.1) is 22.7 Å². The van der Waals surface area contributed by atoms with Crippen molar-refractivity contribution in [2.75, 3.05) is 18.4 Å². The third-order valence-corrected chi connectivity index (χ3v) is 7.48. The molecule has 0 saturated carbocycles. The van der Waals surface area contributed by atoms with Crippen LogP contribution in [0.3, 0.4) is 0 Å². The van der Waals surface area contributed by atoms with Crippen LogP contribution in [0.5, 0.6) is 0 Å². The molecule has 0 spiro atoms. The van der Waals surface area contributed by atoms with E-state index in [2.05, 4.69) is 34.1 Å². The number of thiazole rings is 1. The molecule has 0 radical (unpaired) electrons. The van der Waals surface area contributed by atoms with E-state index in [1.807, 2.05) is 6.07 Å². The molecule has 0 aliphatic carbocycles. The number of carbonyl (C=O) groups is 1. The molecular weight excluding hydrogens is 376 g/mol. The van der Waals surface area contributed by atoms with Gasteiger partial charge in [0, 0.05) is 29.4 Å². The summed E-state index contributed by atoms with van der Waals surface area (Å²) < 4.78 is 1.19. The molecule has 2 aliphatic rings. The van der Waals surface area contributed by atoms with Crippen molar-refractivity contribution in [1.29, 1.82) is 0 Å². The van der Waals surface area contributed by atoms with Crippen LogP contribution in [0.25, 0.3) is 20.8 Å². The number of aromatic nitrogens is 1. The molecule has 4 heterocycles. The third-order valence-electron chi connectivity index (χ3n) is 5.28. The Hall–Kier alpha value is -1.80. The van der Waals surface area contributed by atoms with E-state index < -0.39 is 0 Å². The SMILES string of the molecule is O=C(CC1CCCN1)Nc1sc2c(c1-c1nc3ccccc3s1)CCNC2. The molecule has 3 N–H and O–H groups in total. The molecule has 1 unspecified atom stereocenters. The van der Waals surface area contributed by atoms with Gasteiger partial charge in [0.1, 0.15) is 10.0 Å². The number of rotatable bonds is 4. The van der Waals surface area contributed by atoms with Crippen molar-refractivity contribution in [3.05, 3.63) is 34.7 Å². The summed E-state index contributed by atoms with van der Waals surface area (Å²) in [5.74, 6) is 0.100. The Labute approximate surface area is 166 Å². The van der Waals surface area contributed by atoms with Crippen molar-refractivity contribution in [3.63, 3.8) is 0 Å². The monoisotopic (exact) mass is 398 g/mol. The van der Waals surface area contributed by atoms with E-state index in [1.165, 1.54) is 15.1 Å². The zero-order valence-corrected chi connectivity index (χ0v) is 16.6. The highest BCUT2D eigenvalue weighted by Crippen LogP contribution is 2.44. The van der Waals surface area contributed by atoms with Gasteiger partial charge in [0.25, 0.3) is 0 Å². The van der Waals surface area contributed by atoms with Gasteiger partial charge in [0.05, 0.1) is 10.2 Å². The summed E-state index contributed by atoms with van der Waals surface area (Å²) in [5.41, 5.74) is 3.52. The second-order valence-corrected chi connectivity index (χ2v) is 9.30. The van der Waals surface area contributed by atoms with Gasteiger partial charge in [-0.3, -0.25) is 4.79 Å². The molecule has 5 nitrogen and oxygen atoms in total. The van der Waals surface area contributed by atoms with Crippen LogP contribution in [-0.4, -0.2) is 30.0 Å². The first kappa shape index (κ1) is 17.3. The lowest BCUT2D eigenvalue weighted by molar-refractivity contribution is -0.116. The summed E-state index contributed by atoms with van der Waals surface area (Å²) in [5, 5.41) is 12.0. The van der Waals surface area contributed by atoms with Crippen LogP contribution in [0.2, 0.25) is 0 Å². The summed E-state index contributed by atoms with van der Waals surface area (Å²) >= 11 is 3.42. The average molecular weight is 399 g/mol. The standard InChI is InChI=1S/C20H22N4OS2/c25-17(10-12-4-3-8-22-12)24-20-18(13-7-9-21-11-16(13)27-20)19-23-14-5-1-2-6-15(14)26-19/h1-2,5-6,12,21-22H,3-4,7-11H2,(H,24,25). The van der Waals surface area contributed by atoms with Crippen molar-refractivity contribution in [2.24, 2.45) is 0 Å². The van der Waals surface area contributed by atoms with Gasteiger partial charge in [-0.2, -0.15) is 0 Å². The number of nitrogens with zero attached hydrogens (tertiary/aromatic N) is 1. The van der Waals surface area contributed by atoms with Crippen molar-refractivity contribution < 1.29 is 4.79 Å². The van der Waals surface area contributed by atoms with Crippen LogP contribution in [0.4, 0.5) is 5.00 Å². The Morgan fingerprint density at radius 3 is 3.04 bits per heavy atom. The number of thiophene rings is 1. The quantitative estimate of drug-likeness (QED) is 0.626. The van der Waals surface area contributed by atoms with Crippen LogP contribution < -0.4 is 16.0 Å². The second kappa shape index (κ2) is 7.31. The Bertz CT molecular complexity index is 954. The molecule has 2 aromatic heterocycles. The fraction of sp³-hybridized carbons (Fsp3) is 0.400. The van der Waals surface area contributed by atoms with Gasteiger partial charge in [0.2, 0.25) is 5.91 Å². The molecule has 5 rings (SSSR count). The number of anilines is 1. The smallest absolute Gasteiger partial charge is 0.226 e. The van der Waals surface area contributed by atoms with Gasteiger partial charge in [0.15, 0.2) is 0 Å². The summed E-state index contributed by atoms with van der Waals surface area (Å²) in [7, 11) is 0. The number of fused-ring (bicyclic) bond motifs is 2. The van der Waals surface area contributed by atoms with Gasteiger partial charge in [-0.25, -0.2) is 4.98 Å². The first-order chi connectivity index (χ1) is 13.3. The third kappa shape index (κ3) is 3.40. The van der Waals surface area contributed by atoms with Crippen LogP contribution in [-0.2, 0) is 17.8 Å². The van der Waals surface area contributed by atoms with Crippen molar-refractivity contribution >= 4 is 43.8 Å². The highest BCUT2D eigenvalue weighted by molar-refractivity contribution is 7.22. The minimum Gasteiger partial charge on any atom is -0.317 e. The molecule has 1 atom stereocenters. The number of benzene rings is 1. The number of amides is 1. The Morgan fingerprint density at radius 2 is 2.19 bits per heavy atom. The average Bonchev–Trinajstić information content (AvgIpc) is 3.38. The number of hydrogen-bond donors (Lipinski definition) is 3. The van der Waals surface area contributed by atoms with Crippen LogP contribution >= 0.6 is 22.7 Å². The zero-order valence-electron chi connectivity index (χ0n) is 15.0. The van der Waals surface area contributed by atoms with Gasteiger partial charge < -0.3 is 16.0 Å². The van der Waals surface area contributed by atoms with Crippen LogP contribution in [0, 0.1) is 0 Å². The van der Waals surface area contributed by atoms with Crippen LogP contribution in [0.15, 0.2) is 24.3 Å². The maximum absolute atomic E-state index is 12.7. The second-order valence-electron chi connectivity index (χ2n) is 7.17. The number of hydrogen-bond acceptors (Lipinski definition) is 6. The van der Waals surface area contributed by atoms with Crippen molar-refractivity contribution in [3.8, 4) is 10.6 Å². The molecular formula is C20H22N4OS2. The molecule has 7 heteroatoms. The largest absolute Gasteiger partial charge is 0.317 e. The lowest BCUT2D eigenvalue weighted by atomic mass is 10.0. The van der Waals surface area contributed by atoms with Crippen molar-refractivity contribution in [1.82, 2.24) is 15.6 Å². The summed E-state index contributed by atoms with van der Waals surface area (Å²) in [6.45, 7) is 2.87. The topological polar surface area (TPSA) is 66.0 Å². The number of nitrogens with one attached hydrogen (secondary N) is 3. The molecule has 2 aliphatic heterocycles. The fourth-order valence-corrected chi connectivity index (χ4v) is 6.30. The minimum absolute atomic E-state index is 0.100. The van der Waals surface area contributed by atoms with Gasteiger partial charge >= 0.3 is 0 Å². The molecule has 1 aromatic carbocycles. The molecule has 140 valence electrons. The number of para-hydroxylation sites is 1. The van der Waals surface area contributed by atoms with E-state index in [0.717, 1.165) is 60.0 Å². The van der Waals surface area contributed by atoms with Gasteiger partial charge in [-0.05, 0) is 50.0 Å². The van der Waals surface area contributed by atoms with E-state index in [0.29, 0.717) is 12.5 Å². The predicted molar refractivity (Wildman–Crippen MR) is 113 cm³/mol. The fourth-order valence-electron chi connectivity index (χ4n) is 3.96. The molecule has 3 aromatic rings. The van der Waals surface area contributed by atoms with E-state index in [9.17, 15) is 4.79 Å². The van der Waals surface area contributed by atoms with Gasteiger partial charge in [-0.1, -0.05) is 12.1 Å². The summed E-state index contributed by atoms with van der Waals surface area (Å²) in [6, 6.07) is 8.55. The maximum atomic E-state index is 12.7. The van der Waals surface area contributed by atoms with E-state index in [4.69, 9.17) is 4.98 Å². The molecule has 0 bridgehead atoms. The highest BCUT2D eigenvalue weighted by Gasteiger charge is 2.26. The Morgan fingerprint density at radius 1 is 1.26 bits per heavy atom. The highest BCUT2D eigenvalue weighted by atomic mass is 32.1. The Kier molecular flexibility index (Phi) is 4.69. The molecule has 1 saturated heterocycles. The lowest BCUT2D eigenvalue weighted by Crippen LogP contribution is -2.27. The first-order valence-corrected chi connectivity index (χ1v) is 11.2. The van der Waals surface area contributed by atoms with Crippen molar-refractivity contribution in [2.45, 2.75) is 38.3 Å². The molecule has 1 amide bonds. The van der Waals surface area contributed by atoms with Crippen LogP contribution in [0.1, 0.15) is 29.7 Å². The first-order valence-electron chi connectivity index (χ1n) is 9.52. The predicted octanol–water partition coefficient (Wildman–Crippen LogP) is 3.75. The number of carbonyl (C=O) groups excluding carboxylic acids is 1. The zero-order chi connectivity index (χ0) is 18.2. The summed E-state index contributed by atoms with van der Waals surface area (Å²) in [4.78, 5) is 18.9. The van der Waals surface area contributed by atoms with E-state index in [-0.39, 0.29) is 5.91 Å². The Balaban J connectivity index is 1.50. The van der Waals surface area contributed by atoms with E-state index in [1.54, 1.807) is 22.7 Å². The summed E-state index contributed by atoms with van der Waals surface area (Å²) in [6.07, 6.45) is 3.77. The lowest BCUT2D eigenvalue weighted by Gasteiger charge is -2.13. The normalized spacial score (nSPS) is 19.3. The molecule has 27 heavy (non-hydrogen) atoms. The molecule has 1 fully saturated rings. The maximum Gasteiger partial charge on any atom is 0.226 e. The minimum atomic E-state index is 0.100. The van der Waals surface area contributed by atoms with E-state index >= 15 is 0 Å².